The lowest BCUT2D eigenvalue weighted by Gasteiger charge is -2.13. The van der Waals surface area contributed by atoms with Crippen LogP contribution in [0.1, 0.15) is 20.7 Å². The molecule has 0 unspecified atom stereocenters. The Balaban J connectivity index is 2.13. The summed E-state index contributed by atoms with van der Waals surface area (Å²) in [6, 6.07) is 16.2. The van der Waals surface area contributed by atoms with Crippen LogP contribution < -0.4 is 11.5 Å². The van der Waals surface area contributed by atoms with E-state index in [0.29, 0.717) is 33.6 Å². The van der Waals surface area contributed by atoms with E-state index in [1.807, 2.05) is 0 Å². The van der Waals surface area contributed by atoms with Crippen LogP contribution in [-0.4, -0.2) is 22.2 Å². The van der Waals surface area contributed by atoms with E-state index in [1.165, 1.54) is 12.1 Å². The zero-order chi connectivity index (χ0) is 18.8. The molecule has 26 heavy (non-hydrogen) atoms. The first kappa shape index (κ1) is 17.0. The maximum Gasteiger partial charge on any atom is 0.336 e. The van der Waals surface area contributed by atoms with Gasteiger partial charge in [-0.3, -0.25) is 0 Å². The topological polar surface area (TPSA) is 127 Å². The molecular weight excluding hydrogens is 332 g/mol. The lowest BCUT2D eigenvalue weighted by atomic mass is 9.93. The molecule has 0 spiro atoms. The first-order chi connectivity index (χ1) is 12.4. The summed E-state index contributed by atoms with van der Waals surface area (Å²) in [7, 11) is 0. The molecule has 6 N–H and O–H groups in total. The van der Waals surface area contributed by atoms with Crippen LogP contribution in [0.2, 0.25) is 0 Å². The van der Waals surface area contributed by atoms with Crippen LogP contribution in [0.5, 0.6) is 0 Å². The zero-order valence-corrected chi connectivity index (χ0v) is 13.6. The number of nitrogen functional groups attached to an aromatic ring is 2. The average Bonchev–Trinajstić information content (AvgIpc) is 2.61. The molecule has 6 nitrogen and oxygen atoms in total. The monoisotopic (exact) mass is 348 g/mol. The largest absolute Gasteiger partial charge is 0.478 e. The Labute approximate surface area is 149 Å². The minimum absolute atomic E-state index is 0.100. The van der Waals surface area contributed by atoms with Crippen LogP contribution >= 0.6 is 0 Å². The average molecular weight is 348 g/mol. The number of benzene rings is 3. The normalized spacial score (nSPS) is 10.5. The smallest absolute Gasteiger partial charge is 0.336 e. The van der Waals surface area contributed by atoms with Gasteiger partial charge in [0, 0.05) is 22.5 Å². The van der Waals surface area contributed by atoms with Gasteiger partial charge in [-0.05, 0) is 35.4 Å². The van der Waals surface area contributed by atoms with E-state index in [0.717, 1.165) is 0 Å². The highest BCUT2D eigenvalue weighted by Crippen LogP contribution is 2.34. The maximum atomic E-state index is 11.5. The molecular formula is C20H16N2O4. The lowest BCUT2D eigenvalue weighted by Crippen LogP contribution is -2.03. The van der Waals surface area contributed by atoms with Gasteiger partial charge in [-0.15, -0.1) is 0 Å². The van der Waals surface area contributed by atoms with Gasteiger partial charge in [0.1, 0.15) is 0 Å². The van der Waals surface area contributed by atoms with Crippen LogP contribution in [0.15, 0.2) is 60.7 Å². The van der Waals surface area contributed by atoms with Gasteiger partial charge >= 0.3 is 11.9 Å². The van der Waals surface area contributed by atoms with Crippen molar-refractivity contribution in [2.45, 2.75) is 0 Å². The Morgan fingerprint density at radius 3 is 1.27 bits per heavy atom. The fourth-order valence-corrected chi connectivity index (χ4v) is 2.94. The molecule has 0 fully saturated rings. The second-order valence-electron chi connectivity index (χ2n) is 5.73. The Morgan fingerprint density at radius 1 is 0.615 bits per heavy atom. The molecule has 3 rings (SSSR count). The van der Waals surface area contributed by atoms with Crippen molar-refractivity contribution < 1.29 is 19.8 Å². The van der Waals surface area contributed by atoms with Crippen LogP contribution in [0.4, 0.5) is 11.4 Å². The van der Waals surface area contributed by atoms with Gasteiger partial charge in [0.2, 0.25) is 0 Å². The van der Waals surface area contributed by atoms with E-state index < -0.39 is 11.9 Å². The summed E-state index contributed by atoms with van der Waals surface area (Å²) >= 11 is 0. The quantitative estimate of drug-likeness (QED) is 0.534. The summed E-state index contributed by atoms with van der Waals surface area (Å²) < 4.78 is 0. The molecule has 0 amide bonds. The molecule has 6 heteroatoms. The SMILES string of the molecule is Nc1cccc(C(=O)O)c1-c1ccc(-c2c(N)cccc2C(=O)O)cc1. The number of aromatic carboxylic acids is 2. The number of carboxylic acids is 2. The summed E-state index contributed by atoms with van der Waals surface area (Å²) in [5.41, 5.74) is 14.9. The van der Waals surface area contributed by atoms with Gasteiger partial charge in [-0.1, -0.05) is 36.4 Å². The number of anilines is 2. The minimum Gasteiger partial charge on any atom is -0.478 e. The number of nitrogens with two attached hydrogens (primary N) is 2. The van der Waals surface area contributed by atoms with Gasteiger partial charge in [0.15, 0.2) is 0 Å². The van der Waals surface area contributed by atoms with E-state index in [1.54, 1.807) is 48.5 Å². The number of hydrogen-bond donors (Lipinski definition) is 4. The predicted molar refractivity (Wildman–Crippen MR) is 100 cm³/mol. The third-order valence-corrected chi connectivity index (χ3v) is 4.12. The molecule has 0 atom stereocenters. The molecule has 0 aromatic heterocycles. The van der Waals surface area contributed by atoms with Gasteiger partial charge in [0.05, 0.1) is 11.1 Å². The number of carbonyl (C=O) groups is 2. The van der Waals surface area contributed by atoms with Gasteiger partial charge in [0.25, 0.3) is 0 Å². The van der Waals surface area contributed by atoms with Crippen LogP contribution in [-0.2, 0) is 0 Å². The molecule has 0 saturated carbocycles. The molecule has 3 aromatic carbocycles. The summed E-state index contributed by atoms with van der Waals surface area (Å²) in [4.78, 5) is 22.9. The summed E-state index contributed by atoms with van der Waals surface area (Å²) in [6.45, 7) is 0. The third-order valence-electron chi connectivity index (χ3n) is 4.12. The highest BCUT2D eigenvalue weighted by molar-refractivity contribution is 6.01. The van der Waals surface area contributed by atoms with E-state index in [4.69, 9.17) is 11.5 Å². The first-order valence-corrected chi connectivity index (χ1v) is 7.74. The number of rotatable bonds is 4. The molecule has 0 heterocycles. The number of carboxylic acid groups (broad SMARTS) is 2. The van der Waals surface area contributed by atoms with E-state index in [9.17, 15) is 19.8 Å². The molecule has 0 aliphatic heterocycles. The Kier molecular flexibility index (Phi) is 4.33. The van der Waals surface area contributed by atoms with Crippen LogP contribution in [0.25, 0.3) is 22.3 Å². The van der Waals surface area contributed by atoms with E-state index in [2.05, 4.69) is 0 Å². The van der Waals surface area contributed by atoms with Gasteiger partial charge in [-0.2, -0.15) is 0 Å². The van der Waals surface area contributed by atoms with E-state index in [-0.39, 0.29) is 11.1 Å². The first-order valence-electron chi connectivity index (χ1n) is 7.74. The predicted octanol–water partition coefficient (Wildman–Crippen LogP) is 3.58. The second-order valence-corrected chi connectivity index (χ2v) is 5.73. The molecule has 0 radical (unpaired) electrons. The summed E-state index contributed by atoms with van der Waals surface area (Å²) in [5.74, 6) is -2.14. The molecule has 130 valence electrons. The highest BCUT2D eigenvalue weighted by Gasteiger charge is 2.17. The summed E-state index contributed by atoms with van der Waals surface area (Å²) in [6.07, 6.45) is 0. The van der Waals surface area contributed by atoms with Crippen molar-refractivity contribution in [3.8, 4) is 22.3 Å². The maximum absolute atomic E-state index is 11.5. The third kappa shape index (κ3) is 2.95. The van der Waals surface area contributed by atoms with Crippen molar-refractivity contribution in [1.29, 1.82) is 0 Å². The molecule has 0 saturated heterocycles. The van der Waals surface area contributed by atoms with Gasteiger partial charge < -0.3 is 21.7 Å². The van der Waals surface area contributed by atoms with Crippen molar-refractivity contribution >= 4 is 23.3 Å². The Hall–Kier alpha value is -3.80. The zero-order valence-electron chi connectivity index (χ0n) is 13.6. The molecule has 3 aromatic rings. The van der Waals surface area contributed by atoms with Crippen LogP contribution in [0.3, 0.4) is 0 Å². The van der Waals surface area contributed by atoms with Crippen molar-refractivity contribution in [3.05, 3.63) is 71.8 Å². The van der Waals surface area contributed by atoms with Crippen molar-refractivity contribution in [2.75, 3.05) is 11.5 Å². The van der Waals surface area contributed by atoms with Crippen molar-refractivity contribution in [2.24, 2.45) is 0 Å². The van der Waals surface area contributed by atoms with Crippen LogP contribution in [0, 0.1) is 0 Å². The summed E-state index contributed by atoms with van der Waals surface area (Å²) in [5, 5.41) is 18.8. The van der Waals surface area contributed by atoms with Crippen molar-refractivity contribution in [1.82, 2.24) is 0 Å². The van der Waals surface area contributed by atoms with E-state index >= 15 is 0 Å². The number of hydrogen-bond acceptors (Lipinski definition) is 4. The standard InChI is InChI=1S/C20H16N2O4/c21-15-5-1-3-13(19(23)24)17(15)11-7-9-12(10-8-11)18-14(20(25)26)4-2-6-16(18)22/h1-10H,21-22H2,(H,23,24)(H,25,26). The van der Waals surface area contributed by atoms with Gasteiger partial charge in [-0.25, -0.2) is 9.59 Å². The second kappa shape index (κ2) is 6.60. The fraction of sp³-hybridized carbons (Fsp3) is 0. The molecule has 0 aliphatic carbocycles. The highest BCUT2D eigenvalue weighted by atomic mass is 16.4. The lowest BCUT2D eigenvalue weighted by molar-refractivity contribution is 0.0687. The molecule has 0 aliphatic rings. The van der Waals surface area contributed by atoms with Crippen molar-refractivity contribution in [3.63, 3.8) is 0 Å². The fourth-order valence-electron chi connectivity index (χ4n) is 2.94. The Morgan fingerprint density at radius 2 is 0.962 bits per heavy atom. The Bertz CT molecular complexity index is 928. The minimum atomic E-state index is -1.07. The molecule has 0 bridgehead atoms.